The summed E-state index contributed by atoms with van der Waals surface area (Å²) in [5.41, 5.74) is 3.40. The number of amidine groups is 1. The number of benzene rings is 1. The van der Waals surface area contributed by atoms with Gasteiger partial charge in [0.15, 0.2) is 5.84 Å². The molecule has 5 heteroatoms. The van der Waals surface area contributed by atoms with Crippen molar-refractivity contribution in [3.63, 3.8) is 0 Å². The fourth-order valence-electron chi connectivity index (χ4n) is 2.14. The third-order valence-electron chi connectivity index (χ3n) is 3.12. The first kappa shape index (κ1) is 13.1. The number of aromatic nitrogens is 1. The van der Waals surface area contributed by atoms with E-state index in [1.54, 1.807) is 12.1 Å². The van der Waals surface area contributed by atoms with Crippen LogP contribution in [-0.2, 0) is 0 Å². The molecule has 0 bridgehead atoms. The Morgan fingerprint density at radius 1 is 1.24 bits per heavy atom. The second kappa shape index (κ2) is 5.25. The van der Waals surface area contributed by atoms with Crippen LogP contribution < -0.4 is 0 Å². The van der Waals surface area contributed by atoms with Crippen LogP contribution in [0.1, 0.15) is 22.4 Å². The fraction of sp³-hybridized carbons (Fsp3) is 0.125. The lowest BCUT2D eigenvalue weighted by molar-refractivity contribution is 0.626. The van der Waals surface area contributed by atoms with E-state index in [-0.39, 0.29) is 5.82 Å². The maximum absolute atomic E-state index is 13.4. The van der Waals surface area contributed by atoms with Crippen LogP contribution in [0.25, 0.3) is 0 Å². The normalized spacial score (nSPS) is 13.6. The van der Waals surface area contributed by atoms with Gasteiger partial charge >= 0.3 is 0 Å². The zero-order valence-corrected chi connectivity index (χ0v) is 11.3. The summed E-state index contributed by atoms with van der Waals surface area (Å²) in [6.07, 6.45) is 1.48. The van der Waals surface area contributed by atoms with Gasteiger partial charge < -0.3 is 0 Å². The number of halogens is 1. The average molecular weight is 278 g/mol. The monoisotopic (exact) mass is 278 g/mol. The summed E-state index contributed by atoms with van der Waals surface area (Å²) in [6, 6.07) is 10.2. The molecule has 0 saturated heterocycles. The molecule has 1 aliphatic rings. The molecule has 0 unspecified atom stereocenters. The first-order valence-electron chi connectivity index (χ1n) is 6.42. The molecule has 102 valence electrons. The first-order valence-corrected chi connectivity index (χ1v) is 6.42. The summed E-state index contributed by atoms with van der Waals surface area (Å²) in [5, 5.41) is 8.75. The van der Waals surface area contributed by atoms with Crippen molar-refractivity contribution in [3.8, 4) is 6.07 Å². The standard InChI is InChI=1S/C16H11FN4/c1-10-4-12(6-13(17)5-10)15-9-20-16(21-15)14-3-2-11(7-18)8-19-14/h2-6,8H,9H2,1H3. The molecule has 2 heterocycles. The predicted octanol–water partition coefficient (Wildman–Crippen LogP) is 2.65. The highest BCUT2D eigenvalue weighted by molar-refractivity contribution is 6.16. The van der Waals surface area contributed by atoms with E-state index in [0.717, 1.165) is 16.8 Å². The molecule has 3 rings (SSSR count). The highest BCUT2D eigenvalue weighted by Crippen LogP contribution is 2.14. The number of aliphatic imine (C=N–C) groups is 2. The van der Waals surface area contributed by atoms with Crippen LogP contribution in [0.15, 0.2) is 46.5 Å². The largest absolute Gasteiger partial charge is 0.258 e. The minimum atomic E-state index is -0.280. The SMILES string of the molecule is Cc1cc(F)cc(C2=NC(c3ccc(C#N)cn3)=NC2)c1. The second-order valence-electron chi connectivity index (χ2n) is 4.76. The zero-order chi connectivity index (χ0) is 14.8. The molecule has 0 N–H and O–H groups in total. The van der Waals surface area contributed by atoms with Crippen LogP contribution >= 0.6 is 0 Å². The zero-order valence-electron chi connectivity index (χ0n) is 11.3. The summed E-state index contributed by atoms with van der Waals surface area (Å²) in [4.78, 5) is 12.9. The predicted molar refractivity (Wildman–Crippen MR) is 78.0 cm³/mol. The molecular formula is C16H11FN4. The van der Waals surface area contributed by atoms with Crippen molar-refractivity contribution in [1.82, 2.24) is 4.98 Å². The van der Waals surface area contributed by atoms with Gasteiger partial charge in [-0.05, 0) is 42.8 Å². The Hall–Kier alpha value is -2.87. The molecule has 0 amide bonds. The highest BCUT2D eigenvalue weighted by atomic mass is 19.1. The minimum Gasteiger partial charge on any atom is -0.258 e. The minimum absolute atomic E-state index is 0.280. The Kier molecular flexibility index (Phi) is 3.28. The molecule has 1 aromatic heterocycles. The van der Waals surface area contributed by atoms with Crippen molar-refractivity contribution < 1.29 is 4.39 Å². The van der Waals surface area contributed by atoms with Gasteiger partial charge in [-0.2, -0.15) is 5.26 Å². The van der Waals surface area contributed by atoms with Crippen molar-refractivity contribution >= 4 is 11.5 Å². The van der Waals surface area contributed by atoms with Gasteiger partial charge in [-0.25, -0.2) is 9.38 Å². The number of pyridine rings is 1. The number of aryl methyl sites for hydroxylation is 1. The van der Waals surface area contributed by atoms with Gasteiger partial charge in [0.05, 0.1) is 17.8 Å². The van der Waals surface area contributed by atoms with Crippen LogP contribution in [0.2, 0.25) is 0 Å². The highest BCUT2D eigenvalue weighted by Gasteiger charge is 2.15. The van der Waals surface area contributed by atoms with Gasteiger partial charge in [0.1, 0.15) is 17.6 Å². The van der Waals surface area contributed by atoms with Crippen LogP contribution in [0, 0.1) is 24.1 Å². The molecule has 0 saturated carbocycles. The third-order valence-corrected chi connectivity index (χ3v) is 3.12. The van der Waals surface area contributed by atoms with Gasteiger partial charge in [-0.3, -0.25) is 9.98 Å². The molecule has 0 aliphatic carbocycles. The van der Waals surface area contributed by atoms with Gasteiger partial charge in [0.25, 0.3) is 0 Å². The van der Waals surface area contributed by atoms with E-state index in [1.165, 1.54) is 18.3 Å². The van der Waals surface area contributed by atoms with Gasteiger partial charge in [-0.1, -0.05) is 0 Å². The van der Waals surface area contributed by atoms with Crippen LogP contribution in [0.5, 0.6) is 0 Å². The molecule has 2 aromatic rings. The van der Waals surface area contributed by atoms with Crippen molar-refractivity contribution in [3.05, 3.63) is 64.7 Å². The fourth-order valence-corrected chi connectivity index (χ4v) is 2.14. The number of nitriles is 1. The Morgan fingerprint density at radius 3 is 2.76 bits per heavy atom. The summed E-state index contributed by atoms with van der Waals surface area (Å²) in [6.45, 7) is 2.24. The Balaban J connectivity index is 1.90. The molecule has 0 radical (unpaired) electrons. The van der Waals surface area contributed by atoms with E-state index in [2.05, 4.69) is 15.0 Å². The summed E-state index contributed by atoms with van der Waals surface area (Å²) in [5.74, 6) is 0.231. The van der Waals surface area contributed by atoms with E-state index in [1.807, 2.05) is 19.1 Å². The van der Waals surface area contributed by atoms with Gasteiger partial charge in [0.2, 0.25) is 0 Å². The first-order chi connectivity index (χ1) is 10.2. The molecule has 1 aliphatic heterocycles. The topological polar surface area (TPSA) is 61.4 Å². The van der Waals surface area contributed by atoms with Gasteiger partial charge in [0, 0.05) is 11.8 Å². The van der Waals surface area contributed by atoms with Crippen molar-refractivity contribution in [1.29, 1.82) is 5.26 Å². The van der Waals surface area contributed by atoms with Crippen molar-refractivity contribution in [2.45, 2.75) is 6.92 Å². The smallest absolute Gasteiger partial charge is 0.174 e. The van der Waals surface area contributed by atoms with E-state index in [9.17, 15) is 4.39 Å². The number of nitrogens with zero attached hydrogens (tertiary/aromatic N) is 4. The molecule has 0 spiro atoms. The maximum Gasteiger partial charge on any atom is 0.174 e. The lowest BCUT2D eigenvalue weighted by Gasteiger charge is -2.02. The van der Waals surface area contributed by atoms with E-state index < -0.39 is 0 Å². The number of hydrogen-bond donors (Lipinski definition) is 0. The molecule has 4 nitrogen and oxygen atoms in total. The lowest BCUT2D eigenvalue weighted by atomic mass is 10.1. The average Bonchev–Trinajstić information content (AvgIpc) is 2.96. The lowest BCUT2D eigenvalue weighted by Crippen LogP contribution is -2.03. The number of rotatable bonds is 2. The second-order valence-corrected chi connectivity index (χ2v) is 4.76. The molecular weight excluding hydrogens is 267 g/mol. The van der Waals surface area contributed by atoms with Crippen LogP contribution in [0.3, 0.4) is 0 Å². The Bertz CT molecular complexity index is 778. The van der Waals surface area contributed by atoms with Crippen molar-refractivity contribution in [2.75, 3.05) is 6.54 Å². The molecule has 0 fully saturated rings. The van der Waals surface area contributed by atoms with E-state index in [0.29, 0.717) is 23.6 Å². The molecule has 21 heavy (non-hydrogen) atoms. The maximum atomic E-state index is 13.4. The van der Waals surface area contributed by atoms with Crippen LogP contribution in [-0.4, -0.2) is 23.1 Å². The Morgan fingerprint density at radius 2 is 2.10 bits per heavy atom. The third kappa shape index (κ3) is 2.70. The van der Waals surface area contributed by atoms with E-state index in [4.69, 9.17) is 5.26 Å². The molecule has 0 atom stereocenters. The van der Waals surface area contributed by atoms with E-state index >= 15 is 0 Å². The summed E-state index contributed by atoms with van der Waals surface area (Å²) in [7, 11) is 0. The van der Waals surface area contributed by atoms with Crippen LogP contribution in [0.4, 0.5) is 4.39 Å². The Labute approximate surface area is 121 Å². The van der Waals surface area contributed by atoms with Gasteiger partial charge in [-0.15, -0.1) is 0 Å². The summed E-state index contributed by atoms with van der Waals surface area (Å²) < 4.78 is 13.4. The summed E-state index contributed by atoms with van der Waals surface area (Å²) >= 11 is 0. The quantitative estimate of drug-likeness (QED) is 0.847. The molecule has 1 aromatic carbocycles. The number of hydrogen-bond acceptors (Lipinski definition) is 4. The van der Waals surface area contributed by atoms with Crippen molar-refractivity contribution in [2.24, 2.45) is 9.98 Å².